The third-order valence-electron chi connectivity index (χ3n) is 3.90. The summed E-state index contributed by atoms with van der Waals surface area (Å²) in [5.41, 5.74) is -2.24. The summed E-state index contributed by atoms with van der Waals surface area (Å²) in [6.07, 6.45) is -0.716. The standard InChI is InChI=1S/C15H19FN2O4/c1-14(2)15(3,21)18(13(20)22-14)8-7-12(19)17-11-6-4-5-10(16)9-11/h4-6,9,21H,7-8H2,1-3H3,(H,17,19)/t15-/m1/s1. The highest BCUT2D eigenvalue weighted by Crippen LogP contribution is 2.36. The zero-order valence-electron chi connectivity index (χ0n) is 12.7. The first-order valence-corrected chi connectivity index (χ1v) is 6.92. The Morgan fingerprint density at radius 3 is 2.64 bits per heavy atom. The number of ether oxygens (including phenoxy) is 1. The molecule has 22 heavy (non-hydrogen) atoms. The van der Waals surface area contributed by atoms with Crippen LogP contribution >= 0.6 is 0 Å². The van der Waals surface area contributed by atoms with Crippen LogP contribution in [0.15, 0.2) is 24.3 Å². The summed E-state index contributed by atoms with van der Waals surface area (Å²) >= 11 is 0. The van der Waals surface area contributed by atoms with Crippen molar-refractivity contribution in [1.29, 1.82) is 0 Å². The molecule has 2 amide bonds. The van der Waals surface area contributed by atoms with Gasteiger partial charge in [0.1, 0.15) is 5.82 Å². The van der Waals surface area contributed by atoms with Crippen LogP contribution < -0.4 is 5.32 Å². The van der Waals surface area contributed by atoms with Gasteiger partial charge in [-0.2, -0.15) is 0 Å². The Morgan fingerprint density at radius 2 is 2.09 bits per heavy atom. The third-order valence-corrected chi connectivity index (χ3v) is 3.90. The van der Waals surface area contributed by atoms with Crippen molar-refractivity contribution in [1.82, 2.24) is 4.90 Å². The molecule has 0 aromatic heterocycles. The van der Waals surface area contributed by atoms with Crippen LogP contribution in [0.25, 0.3) is 0 Å². The van der Waals surface area contributed by atoms with E-state index in [1.807, 2.05) is 0 Å². The molecule has 2 N–H and O–H groups in total. The molecule has 1 heterocycles. The first kappa shape index (κ1) is 16.2. The van der Waals surface area contributed by atoms with Crippen LogP contribution in [0.4, 0.5) is 14.9 Å². The summed E-state index contributed by atoms with van der Waals surface area (Å²) in [6, 6.07) is 5.51. The quantitative estimate of drug-likeness (QED) is 0.892. The third kappa shape index (κ3) is 3.04. The highest BCUT2D eigenvalue weighted by Gasteiger charge is 2.56. The fourth-order valence-corrected chi connectivity index (χ4v) is 2.18. The molecule has 0 bridgehead atoms. The van der Waals surface area contributed by atoms with E-state index in [9.17, 15) is 19.1 Å². The van der Waals surface area contributed by atoms with Crippen molar-refractivity contribution in [3.8, 4) is 0 Å². The van der Waals surface area contributed by atoms with Crippen molar-refractivity contribution in [2.45, 2.75) is 38.5 Å². The van der Waals surface area contributed by atoms with Gasteiger partial charge in [-0.25, -0.2) is 9.18 Å². The predicted molar refractivity (Wildman–Crippen MR) is 77.5 cm³/mol. The molecule has 1 aromatic carbocycles. The monoisotopic (exact) mass is 310 g/mol. The van der Waals surface area contributed by atoms with Gasteiger partial charge in [-0.1, -0.05) is 6.07 Å². The average molecular weight is 310 g/mol. The molecule has 0 saturated carbocycles. The van der Waals surface area contributed by atoms with Crippen LogP contribution in [-0.4, -0.2) is 39.9 Å². The topological polar surface area (TPSA) is 78.9 Å². The molecule has 0 aliphatic carbocycles. The highest BCUT2D eigenvalue weighted by molar-refractivity contribution is 5.91. The lowest BCUT2D eigenvalue weighted by Crippen LogP contribution is -2.54. The normalized spacial score (nSPS) is 23.3. The molecule has 0 unspecified atom stereocenters. The molecule has 1 aromatic rings. The van der Waals surface area contributed by atoms with Crippen LogP contribution in [-0.2, 0) is 9.53 Å². The molecule has 0 spiro atoms. The summed E-state index contributed by atoms with van der Waals surface area (Å²) in [5.74, 6) is -0.843. The number of nitrogens with one attached hydrogen (secondary N) is 1. The van der Waals surface area contributed by atoms with Crippen molar-refractivity contribution in [3.05, 3.63) is 30.1 Å². The second-order valence-electron chi connectivity index (χ2n) is 5.86. The van der Waals surface area contributed by atoms with Crippen molar-refractivity contribution in [2.24, 2.45) is 0 Å². The lowest BCUT2D eigenvalue weighted by molar-refractivity contribution is -0.130. The Hall–Kier alpha value is -2.15. The fraction of sp³-hybridized carbons (Fsp3) is 0.467. The molecule has 1 aliphatic rings. The summed E-state index contributed by atoms with van der Waals surface area (Å²) in [6.45, 7) is 4.65. The second-order valence-corrected chi connectivity index (χ2v) is 5.86. The van der Waals surface area contributed by atoms with Crippen molar-refractivity contribution < 1.29 is 23.8 Å². The molecule has 1 fully saturated rings. The maximum Gasteiger partial charge on any atom is 0.412 e. The Labute approximate surface area is 127 Å². The van der Waals surface area contributed by atoms with E-state index in [1.165, 1.54) is 25.1 Å². The smallest absolute Gasteiger partial charge is 0.412 e. The number of hydrogen-bond donors (Lipinski definition) is 2. The van der Waals surface area contributed by atoms with E-state index in [1.54, 1.807) is 19.9 Å². The molecule has 1 saturated heterocycles. The first-order chi connectivity index (χ1) is 10.1. The minimum absolute atomic E-state index is 0.00356. The molecule has 120 valence electrons. The van der Waals surface area contributed by atoms with Gasteiger partial charge in [-0.15, -0.1) is 0 Å². The number of cyclic esters (lactones) is 1. The molecule has 7 heteroatoms. The van der Waals surface area contributed by atoms with Crippen molar-refractivity contribution >= 4 is 17.7 Å². The minimum Gasteiger partial charge on any atom is -0.438 e. The molecular formula is C15H19FN2O4. The number of carbonyl (C=O) groups excluding carboxylic acids is 2. The van der Waals surface area contributed by atoms with Gasteiger partial charge in [0.25, 0.3) is 0 Å². The van der Waals surface area contributed by atoms with Crippen molar-refractivity contribution in [2.75, 3.05) is 11.9 Å². The van der Waals surface area contributed by atoms with Gasteiger partial charge in [-0.05, 0) is 39.0 Å². The summed E-state index contributed by atoms with van der Waals surface area (Å²) in [7, 11) is 0. The van der Waals surface area contributed by atoms with Gasteiger partial charge in [0.05, 0.1) is 0 Å². The Kier molecular flexibility index (Phi) is 4.10. The van der Waals surface area contributed by atoms with Crippen LogP contribution in [0, 0.1) is 5.82 Å². The average Bonchev–Trinajstić information content (AvgIpc) is 2.52. The first-order valence-electron chi connectivity index (χ1n) is 6.92. The van der Waals surface area contributed by atoms with E-state index in [-0.39, 0.29) is 18.9 Å². The van der Waals surface area contributed by atoms with E-state index in [2.05, 4.69) is 5.32 Å². The Bertz CT molecular complexity index is 601. The zero-order valence-corrected chi connectivity index (χ0v) is 12.7. The molecular weight excluding hydrogens is 291 g/mol. The molecule has 1 atom stereocenters. The van der Waals surface area contributed by atoms with E-state index in [0.717, 1.165) is 4.90 Å². The molecule has 6 nitrogen and oxygen atoms in total. The SMILES string of the molecule is CC1(C)OC(=O)N(CCC(=O)Nc2cccc(F)c2)[C@]1(C)O. The van der Waals surface area contributed by atoms with Crippen LogP contribution in [0.5, 0.6) is 0 Å². The Morgan fingerprint density at radius 1 is 1.41 bits per heavy atom. The maximum atomic E-state index is 13.0. The number of halogens is 1. The molecule has 2 rings (SSSR count). The number of rotatable bonds is 4. The molecule has 1 aliphatic heterocycles. The van der Waals surface area contributed by atoms with E-state index >= 15 is 0 Å². The van der Waals surface area contributed by atoms with Gasteiger partial charge in [0, 0.05) is 18.7 Å². The number of hydrogen-bond acceptors (Lipinski definition) is 4. The molecule has 0 radical (unpaired) electrons. The van der Waals surface area contributed by atoms with E-state index < -0.39 is 23.2 Å². The van der Waals surface area contributed by atoms with Gasteiger partial charge >= 0.3 is 6.09 Å². The van der Waals surface area contributed by atoms with Crippen LogP contribution in [0.1, 0.15) is 27.2 Å². The number of aliphatic hydroxyl groups is 1. The lowest BCUT2D eigenvalue weighted by atomic mass is 9.96. The largest absolute Gasteiger partial charge is 0.438 e. The number of carbonyl (C=O) groups is 2. The van der Waals surface area contributed by atoms with Crippen molar-refractivity contribution in [3.63, 3.8) is 0 Å². The van der Waals surface area contributed by atoms with E-state index in [0.29, 0.717) is 5.69 Å². The van der Waals surface area contributed by atoms with Gasteiger partial charge < -0.3 is 15.2 Å². The minimum atomic E-state index is -1.51. The fourth-order valence-electron chi connectivity index (χ4n) is 2.18. The zero-order chi connectivity index (χ0) is 16.5. The number of nitrogens with zero attached hydrogens (tertiary/aromatic N) is 1. The predicted octanol–water partition coefficient (Wildman–Crippen LogP) is 2.09. The van der Waals surface area contributed by atoms with Crippen LogP contribution in [0.3, 0.4) is 0 Å². The van der Waals surface area contributed by atoms with Gasteiger partial charge in [-0.3, -0.25) is 9.69 Å². The summed E-state index contributed by atoms with van der Waals surface area (Å²) < 4.78 is 18.1. The summed E-state index contributed by atoms with van der Waals surface area (Å²) in [5, 5.41) is 12.9. The lowest BCUT2D eigenvalue weighted by Gasteiger charge is -2.34. The number of benzene rings is 1. The Balaban J connectivity index is 1.95. The van der Waals surface area contributed by atoms with E-state index in [4.69, 9.17) is 4.74 Å². The maximum absolute atomic E-state index is 13.0. The van der Waals surface area contributed by atoms with Gasteiger partial charge in [0.2, 0.25) is 5.91 Å². The highest BCUT2D eigenvalue weighted by atomic mass is 19.1. The van der Waals surface area contributed by atoms with Gasteiger partial charge in [0.15, 0.2) is 11.3 Å². The summed E-state index contributed by atoms with van der Waals surface area (Å²) in [4.78, 5) is 24.8. The second kappa shape index (κ2) is 5.57. The number of anilines is 1. The van der Waals surface area contributed by atoms with Crippen LogP contribution in [0.2, 0.25) is 0 Å². The number of amides is 2.